The van der Waals surface area contributed by atoms with Gasteiger partial charge in [-0.2, -0.15) is 0 Å². The Bertz CT molecular complexity index is 510. The number of carbonyl (C=O) groups is 2. The first-order valence-corrected chi connectivity index (χ1v) is 9.11. The molecule has 1 aromatic carbocycles. The van der Waals surface area contributed by atoms with E-state index in [1.165, 1.54) is 0 Å². The lowest BCUT2D eigenvalue weighted by Crippen LogP contribution is -2.49. The smallest absolute Gasteiger partial charge is 0.404 e. The van der Waals surface area contributed by atoms with Crippen molar-refractivity contribution in [3.05, 3.63) is 35.9 Å². The van der Waals surface area contributed by atoms with Crippen LogP contribution >= 0.6 is 11.6 Å². The summed E-state index contributed by atoms with van der Waals surface area (Å²) in [6.45, 7) is 5.94. The molecule has 1 amide bonds. The summed E-state index contributed by atoms with van der Waals surface area (Å²) in [5.41, 5.74) is 0.162. The van der Waals surface area contributed by atoms with Crippen molar-refractivity contribution in [3.8, 4) is 0 Å². The number of piperazine rings is 1. The second-order valence-corrected chi connectivity index (χ2v) is 6.42. The summed E-state index contributed by atoms with van der Waals surface area (Å²) in [6, 6.07) is 9.36. The largest absolute Gasteiger partial charge is 0.449 e. The number of ether oxygens (including phenoxy) is 1. The molecule has 2 fully saturated rings. The molecule has 138 valence electrons. The van der Waals surface area contributed by atoms with Crippen molar-refractivity contribution in [2.75, 3.05) is 39.3 Å². The first-order valence-electron chi connectivity index (χ1n) is 8.73. The molecule has 2 saturated heterocycles. The quantitative estimate of drug-likeness (QED) is 0.799. The Morgan fingerprint density at radius 2 is 1.64 bits per heavy atom. The van der Waals surface area contributed by atoms with Crippen LogP contribution in [0.4, 0.5) is 4.79 Å². The number of rotatable bonds is 3. The molecule has 2 heterocycles. The van der Waals surface area contributed by atoms with E-state index < -0.39 is 5.43 Å². The fourth-order valence-electron chi connectivity index (χ4n) is 2.93. The molecule has 0 bridgehead atoms. The van der Waals surface area contributed by atoms with Crippen LogP contribution in [0.25, 0.3) is 0 Å². The molecule has 0 saturated carbocycles. The first kappa shape index (κ1) is 19.7. The predicted octanol–water partition coefficient (Wildman–Crippen LogP) is 1.98. The van der Waals surface area contributed by atoms with E-state index in [0.717, 1.165) is 57.7 Å². The third-order valence-corrected chi connectivity index (χ3v) is 4.42. The zero-order valence-electron chi connectivity index (χ0n) is 14.4. The summed E-state index contributed by atoms with van der Waals surface area (Å²) < 4.78 is 4.55. The van der Waals surface area contributed by atoms with Crippen molar-refractivity contribution in [3.63, 3.8) is 0 Å². The molecule has 0 radical (unpaired) electrons. The van der Waals surface area contributed by atoms with E-state index in [1.54, 1.807) is 0 Å². The van der Waals surface area contributed by atoms with E-state index in [-0.39, 0.29) is 12.5 Å². The summed E-state index contributed by atoms with van der Waals surface area (Å²) in [5.74, 6) is 0.669. The Labute approximate surface area is 153 Å². The number of hydrogen-bond acceptors (Lipinski definition) is 5. The first-order chi connectivity index (χ1) is 12.2. The maximum atomic E-state index is 12.0. The minimum atomic E-state index is -0.770. The maximum Gasteiger partial charge on any atom is 0.404 e. The van der Waals surface area contributed by atoms with Crippen molar-refractivity contribution in [2.24, 2.45) is 5.92 Å². The molecule has 0 aromatic heterocycles. The highest BCUT2D eigenvalue weighted by Crippen LogP contribution is 2.15. The minimum absolute atomic E-state index is 0.239. The molecule has 25 heavy (non-hydrogen) atoms. The van der Waals surface area contributed by atoms with Crippen molar-refractivity contribution in [1.29, 1.82) is 0 Å². The van der Waals surface area contributed by atoms with Crippen LogP contribution in [0, 0.1) is 5.92 Å². The van der Waals surface area contributed by atoms with Gasteiger partial charge in [0, 0.05) is 43.7 Å². The normalized spacial score (nSPS) is 18.0. The van der Waals surface area contributed by atoms with Gasteiger partial charge in [-0.25, -0.2) is 4.79 Å². The number of nitrogens with one attached hydrogen (secondary N) is 2. The van der Waals surface area contributed by atoms with Gasteiger partial charge in [-0.05, 0) is 31.5 Å². The van der Waals surface area contributed by atoms with E-state index >= 15 is 0 Å². The number of nitrogens with zero attached hydrogens (tertiary/aromatic N) is 1. The van der Waals surface area contributed by atoms with Gasteiger partial charge in [0.25, 0.3) is 0 Å². The average Bonchev–Trinajstić information content (AvgIpc) is 2.68. The number of hydrogen-bond donors (Lipinski definition) is 2. The Morgan fingerprint density at radius 1 is 1.04 bits per heavy atom. The van der Waals surface area contributed by atoms with Gasteiger partial charge in [0.15, 0.2) is 0 Å². The SMILES string of the molecule is O=C(C1CCNCC1)N1CCNCC1.O=C(Cl)OCc1ccccc1. The Morgan fingerprint density at radius 3 is 2.24 bits per heavy atom. The summed E-state index contributed by atoms with van der Waals surface area (Å²) in [7, 11) is 0. The average molecular weight is 368 g/mol. The van der Waals surface area contributed by atoms with E-state index in [4.69, 9.17) is 11.6 Å². The summed E-state index contributed by atoms with van der Waals surface area (Å²) in [6.07, 6.45) is 2.03. The van der Waals surface area contributed by atoms with Crippen LogP contribution in [0.5, 0.6) is 0 Å². The van der Waals surface area contributed by atoms with Gasteiger partial charge in [0.1, 0.15) is 6.61 Å². The zero-order valence-corrected chi connectivity index (χ0v) is 15.1. The lowest BCUT2D eigenvalue weighted by atomic mass is 9.96. The number of carbonyl (C=O) groups excluding carboxylic acids is 2. The van der Waals surface area contributed by atoms with Crippen LogP contribution in [0.2, 0.25) is 0 Å². The highest BCUT2D eigenvalue weighted by atomic mass is 35.5. The van der Waals surface area contributed by atoms with Gasteiger partial charge in [-0.15, -0.1) is 0 Å². The third kappa shape index (κ3) is 7.42. The minimum Gasteiger partial charge on any atom is -0.449 e. The summed E-state index contributed by atoms with van der Waals surface area (Å²) >= 11 is 4.97. The van der Waals surface area contributed by atoms with Gasteiger partial charge in [-0.3, -0.25) is 4.79 Å². The number of amides is 1. The zero-order chi connectivity index (χ0) is 17.9. The van der Waals surface area contributed by atoms with Gasteiger partial charge >= 0.3 is 5.43 Å². The topological polar surface area (TPSA) is 70.7 Å². The van der Waals surface area contributed by atoms with E-state index in [1.807, 2.05) is 35.2 Å². The van der Waals surface area contributed by atoms with Crippen LogP contribution in [0.15, 0.2) is 30.3 Å². The van der Waals surface area contributed by atoms with Gasteiger partial charge in [0.05, 0.1) is 0 Å². The van der Waals surface area contributed by atoms with Crippen LogP contribution in [0.3, 0.4) is 0 Å². The molecule has 0 atom stereocenters. The molecule has 1 aromatic rings. The summed E-state index contributed by atoms with van der Waals surface area (Å²) in [4.78, 5) is 24.2. The van der Waals surface area contributed by atoms with Gasteiger partial charge in [0.2, 0.25) is 5.91 Å². The highest BCUT2D eigenvalue weighted by Gasteiger charge is 2.26. The molecular formula is C18H26ClN3O3. The van der Waals surface area contributed by atoms with E-state index in [2.05, 4.69) is 15.4 Å². The van der Waals surface area contributed by atoms with Gasteiger partial charge in [-0.1, -0.05) is 30.3 Å². The monoisotopic (exact) mass is 367 g/mol. The standard InChI is InChI=1S/C10H19N3O.C8H7ClO2/c14-10(9-1-3-11-4-2-9)13-7-5-12-6-8-13;9-8(10)11-6-7-4-2-1-3-5-7/h9,11-12H,1-8H2;1-5H,6H2. The molecule has 0 spiro atoms. The lowest BCUT2D eigenvalue weighted by Gasteiger charge is -2.32. The molecule has 7 heteroatoms. The Balaban J connectivity index is 0.000000186. The maximum absolute atomic E-state index is 12.0. The Hall–Kier alpha value is -1.63. The fourth-order valence-corrected chi connectivity index (χ4v) is 2.98. The molecule has 2 aliphatic heterocycles. The Kier molecular flexibility index (Phi) is 8.72. The summed E-state index contributed by atoms with van der Waals surface area (Å²) in [5, 5.41) is 6.56. The van der Waals surface area contributed by atoms with Crippen LogP contribution in [-0.4, -0.2) is 55.5 Å². The van der Waals surface area contributed by atoms with Crippen LogP contribution < -0.4 is 10.6 Å². The highest BCUT2D eigenvalue weighted by molar-refractivity contribution is 6.61. The van der Waals surface area contributed by atoms with Gasteiger partial charge < -0.3 is 20.3 Å². The van der Waals surface area contributed by atoms with Crippen molar-refractivity contribution >= 4 is 22.9 Å². The molecule has 6 nitrogen and oxygen atoms in total. The van der Waals surface area contributed by atoms with Crippen molar-refractivity contribution in [1.82, 2.24) is 15.5 Å². The molecule has 2 N–H and O–H groups in total. The third-order valence-electron chi connectivity index (χ3n) is 4.31. The van der Waals surface area contributed by atoms with Crippen LogP contribution in [-0.2, 0) is 16.1 Å². The number of halogens is 1. The lowest BCUT2D eigenvalue weighted by molar-refractivity contribution is -0.136. The van der Waals surface area contributed by atoms with Crippen LogP contribution in [0.1, 0.15) is 18.4 Å². The van der Waals surface area contributed by atoms with Crippen molar-refractivity contribution < 1.29 is 14.3 Å². The molecule has 3 rings (SSSR count). The second-order valence-electron chi connectivity index (χ2n) is 6.11. The van der Waals surface area contributed by atoms with E-state index in [0.29, 0.717) is 5.91 Å². The predicted molar refractivity (Wildman–Crippen MR) is 97.5 cm³/mol. The molecule has 0 unspecified atom stereocenters. The molecule has 2 aliphatic rings. The molecule has 0 aliphatic carbocycles. The van der Waals surface area contributed by atoms with E-state index in [9.17, 15) is 9.59 Å². The molecular weight excluding hydrogens is 342 g/mol. The second kappa shape index (κ2) is 11.1. The number of piperidine rings is 1. The fraction of sp³-hybridized carbons (Fsp3) is 0.556. The number of benzene rings is 1. The van der Waals surface area contributed by atoms with Crippen molar-refractivity contribution in [2.45, 2.75) is 19.4 Å².